The van der Waals surface area contributed by atoms with E-state index in [1.807, 2.05) is 24.3 Å². The van der Waals surface area contributed by atoms with E-state index in [2.05, 4.69) is 21.0 Å². The summed E-state index contributed by atoms with van der Waals surface area (Å²) in [6.07, 6.45) is 1.75. The summed E-state index contributed by atoms with van der Waals surface area (Å²) in [5.74, 6) is -1.49. The van der Waals surface area contributed by atoms with E-state index in [0.717, 1.165) is 10.0 Å². The number of nitrogens with zero attached hydrogens (tertiary/aromatic N) is 2. The molecule has 0 atom stereocenters. The molecule has 5 nitrogen and oxygen atoms in total. The van der Waals surface area contributed by atoms with Crippen LogP contribution in [0.5, 0.6) is 0 Å². The number of benzene rings is 2. The number of carboxylic acid groups (broad SMARTS) is 1. The second kappa shape index (κ2) is 6.82. The third-order valence-corrected chi connectivity index (χ3v) is 4.47. The molecule has 2 aromatic rings. The molecule has 3 rings (SSSR count). The lowest BCUT2D eigenvalue weighted by atomic mass is 10.1. The maximum absolute atomic E-state index is 12.7. The lowest BCUT2D eigenvalue weighted by molar-refractivity contribution is -0.114. The summed E-state index contributed by atoms with van der Waals surface area (Å²) >= 11 is 9.27. The number of hydrogen-bond acceptors (Lipinski definition) is 3. The Labute approximate surface area is 157 Å². The largest absolute Gasteiger partial charge is 0.478 e. The third kappa shape index (κ3) is 3.50. The zero-order valence-corrected chi connectivity index (χ0v) is 15.4. The van der Waals surface area contributed by atoms with Gasteiger partial charge in [-0.05, 0) is 48.9 Å². The molecule has 0 unspecified atom stereocenters. The zero-order chi connectivity index (χ0) is 18.1. The van der Waals surface area contributed by atoms with Gasteiger partial charge in [-0.1, -0.05) is 39.7 Å². The Bertz CT molecular complexity index is 953. The molecular weight excluding hydrogens is 408 g/mol. The molecule has 25 heavy (non-hydrogen) atoms. The molecule has 0 spiro atoms. The molecule has 0 bridgehead atoms. The molecule has 1 N–H and O–H groups in total. The summed E-state index contributed by atoms with van der Waals surface area (Å²) in [6.45, 7) is 1.73. The van der Waals surface area contributed by atoms with E-state index >= 15 is 0 Å². The minimum atomic E-state index is -1.16. The molecule has 0 aliphatic carbocycles. The number of rotatable bonds is 3. The number of aromatic carboxylic acids is 1. The highest BCUT2D eigenvalue weighted by atomic mass is 79.9. The highest BCUT2D eigenvalue weighted by molar-refractivity contribution is 9.10. The minimum absolute atomic E-state index is 0.0794. The van der Waals surface area contributed by atoms with Gasteiger partial charge in [-0.15, -0.1) is 0 Å². The lowest BCUT2D eigenvalue weighted by Gasteiger charge is -2.13. The number of hydrogen-bond donors (Lipinski definition) is 1. The molecule has 1 heterocycles. The smallest absolute Gasteiger partial charge is 0.337 e. The Kier molecular flexibility index (Phi) is 4.74. The number of halogens is 2. The summed E-state index contributed by atoms with van der Waals surface area (Å²) in [4.78, 5) is 24.0. The number of carbonyl (C=O) groups excluding carboxylic acids is 1. The molecule has 1 aliphatic heterocycles. The van der Waals surface area contributed by atoms with Crippen molar-refractivity contribution < 1.29 is 14.7 Å². The monoisotopic (exact) mass is 418 g/mol. The van der Waals surface area contributed by atoms with Crippen LogP contribution in [0, 0.1) is 0 Å². The fourth-order valence-electron chi connectivity index (χ4n) is 2.43. The number of carbonyl (C=O) groups is 2. The Hall–Kier alpha value is -2.44. The van der Waals surface area contributed by atoms with Crippen LogP contribution >= 0.6 is 27.5 Å². The van der Waals surface area contributed by atoms with Gasteiger partial charge < -0.3 is 5.11 Å². The van der Waals surface area contributed by atoms with Crippen LogP contribution < -0.4 is 5.01 Å². The quantitative estimate of drug-likeness (QED) is 0.739. The van der Waals surface area contributed by atoms with Gasteiger partial charge in [-0.3, -0.25) is 4.79 Å². The van der Waals surface area contributed by atoms with Crippen LogP contribution in [-0.4, -0.2) is 22.7 Å². The van der Waals surface area contributed by atoms with Gasteiger partial charge in [0.2, 0.25) is 0 Å². The van der Waals surface area contributed by atoms with Crippen molar-refractivity contribution in [2.24, 2.45) is 5.10 Å². The van der Waals surface area contributed by atoms with Crippen molar-refractivity contribution in [1.82, 2.24) is 0 Å². The summed E-state index contributed by atoms with van der Waals surface area (Å²) in [5, 5.41) is 14.7. The molecule has 2 aromatic carbocycles. The van der Waals surface area contributed by atoms with E-state index in [9.17, 15) is 14.7 Å². The average molecular weight is 420 g/mol. The van der Waals surface area contributed by atoms with Crippen LogP contribution in [0.1, 0.15) is 22.8 Å². The van der Waals surface area contributed by atoms with Crippen LogP contribution in [0.15, 0.2) is 57.6 Å². The first kappa shape index (κ1) is 17.4. The van der Waals surface area contributed by atoms with Gasteiger partial charge in [0, 0.05) is 4.47 Å². The maximum Gasteiger partial charge on any atom is 0.337 e. The molecule has 0 radical (unpaired) electrons. The van der Waals surface area contributed by atoms with Gasteiger partial charge in [0.1, 0.15) is 0 Å². The number of hydrazone groups is 1. The first-order chi connectivity index (χ1) is 11.9. The predicted octanol–water partition coefficient (Wildman–Crippen LogP) is 4.61. The van der Waals surface area contributed by atoms with Crippen LogP contribution in [0.2, 0.25) is 5.02 Å². The Morgan fingerprint density at radius 2 is 2.04 bits per heavy atom. The summed E-state index contributed by atoms with van der Waals surface area (Å²) in [5.41, 5.74) is 2.13. The standard InChI is InChI=1S/C18H12BrClN2O3/c1-10-14(8-11-3-2-4-12(19)7-11)17(23)22(21-10)13-5-6-16(20)15(9-13)18(24)25/h2-9H,1H3,(H,24,25)/b14-8-. The predicted molar refractivity (Wildman–Crippen MR) is 101 cm³/mol. The fourth-order valence-corrected chi connectivity index (χ4v) is 3.05. The van der Waals surface area contributed by atoms with Crippen LogP contribution in [0.3, 0.4) is 0 Å². The molecule has 126 valence electrons. The van der Waals surface area contributed by atoms with Crippen molar-refractivity contribution in [3.05, 3.63) is 68.7 Å². The molecule has 0 saturated carbocycles. The van der Waals surface area contributed by atoms with Crippen molar-refractivity contribution >= 4 is 56.9 Å². The third-order valence-electron chi connectivity index (χ3n) is 3.65. The van der Waals surface area contributed by atoms with E-state index < -0.39 is 5.97 Å². The molecule has 1 amide bonds. The fraction of sp³-hybridized carbons (Fsp3) is 0.0556. The van der Waals surface area contributed by atoms with Gasteiger partial charge in [0.15, 0.2) is 0 Å². The van der Waals surface area contributed by atoms with Gasteiger partial charge >= 0.3 is 5.97 Å². The summed E-state index contributed by atoms with van der Waals surface area (Å²) in [7, 11) is 0. The SMILES string of the molecule is CC1=NN(c2ccc(Cl)c(C(=O)O)c2)C(=O)/C1=C\c1cccc(Br)c1. The highest BCUT2D eigenvalue weighted by Crippen LogP contribution is 2.29. The zero-order valence-electron chi connectivity index (χ0n) is 13.0. The summed E-state index contributed by atoms with van der Waals surface area (Å²) in [6, 6.07) is 11.9. The molecule has 0 fully saturated rings. The Balaban J connectivity index is 1.98. The van der Waals surface area contributed by atoms with E-state index in [-0.39, 0.29) is 16.5 Å². The van der Waals surface area contributed by atoms with Crippen LogP contribution in [0.25, 0.3) is 6.08 Å². The van der Waals surface area contributed by atoms with Gasteiger partial charge in [-0.25, -0.2) is 4.79 Å². The van der Waals surface area contributed by atoms with Gasteiger partial charge in [0.25, 0.3) is 5.91 Å². The van der Waals surface area contributed by atoms with Crippen molar-refractivity contribution in [1.29, 1.82) is 0 Å². The Morgan fingerprint density at radius 1 is 1.28 bits per heavy atom. The highest BCUT2D eigenvalue weighted by Gasteiger charge is 2.29. The molecular formula is C18H12BrClN2O3. The van der Waals surface area contributed by atoms with E-state index in [0.29, 0.717) is 17.0 Å². The number of amides is 1. The topological polar surface area (TPSA) is 70.0 Å². The Morgan fingerprint density at radius 3 is 2.72 bits per heavy atom. The first-order valence-electron chi connectivity index (χ1n) is 7.27. The van der Waals surface area contributed by atoms with Gasteiger partial charge in [-0.2, -0.15) is 10.1 Å². The second-order valence-corrected chi connectivity index (χ2v) is 6.71. The van der Waals surface area contributed by atoms with E-state index in [1.54, 1.807) is 19.1 Å². The van der Waals surface area contributed by atoms with Gasteiger partial charge in [0.05, 0.1) is 27.6 Å². The summed E-state index contributed by atoms with van der Waals surface area (Å²) < 4.78 is 0.905. The molecule has 1 aliphatic rings. The van der Waals surface area contributed by atoms with Crippen molar-refractivity contribution in [3.63, 3.8) is 0 Å². The molecule has 0 saturated heterocycles. The van der Waals surface area contributed by atoms with Crippen molar-refractivity contribution in [2.75, 3.05) is 5.01 Å². The van der Waals surface area contributed by atoms with Crippen molar-refractivity contribution in [3.8, 4) is 0 Å². The number of anilines is 1. The van der Waals surface area contributed by atoms with E-state index in [1.165, 1.54) is 17.1 Å². The lowest BCUT2D eigenvalue weighted by Crippen LogP contribution is -2.21. The minimum Gasteiger partial charge on any atom is -0.478 e. The average Bonchev–Trinajstić information content (AvgIpc) is 2.83. The number of carboxylic acids is 1. The second-order valence-electron chi connectivity index (χ2n) is 5.38. The van der Waals surface area contributed by atoms with Crippen LogP contribution in [0.4, 0.5) is 5.69 Å². The molecule has 0 aromatic heterocycles. The molecule has 7 heteroatoms. The normalized spacial score (nSPS) is 15.6. The first-order valence-corrected chi connectivity index (χ1v) is 8.44. The van der Waals surface area contributed by atoms with E-state index in [4.69, 9.17) is 11.6 Å². The maximum atomic E-state index is 12.7. The van der Waals surface area contributed by atoms with Crippen LogP contribution in [-0.2, 0) is 4.79 Å². The van der Waals surface area contributed by atoms with Crippen molar-refractivity contribution in [2.45, 2.75) is 6.92 Å².